The van der Waals surface area contributed by atoms with Gasteiger partial charge in [-0.15, -0.1) is 12.4 Å². The van der Waals surface area contributed by atoms with E-state index in [1.807, 2.05) is 6.07 Å². The summed E-state index contributed by atoms with van der Waals surface area (Å²) >= 11 is 0. The monoisotopic (exact) mass is 227 g/mol. The normalized spacial score (nSPS) is 10.9. The second kappa shape index (κ2) is 5.96. The number of halogens is 1. The van der Waals surface area contributed by atoms with Gasteiger partial charge in [-0.25, -0.2) is 0 Å². The molecule has 0 aliphatic carbocycles. The second-order valence-corrected chi connectivity index (χ2v) is 2.78. The first-order valence-corrected chi connectivity index (χ1v) is 4.02. The summed E-state index contributed by atoms with van der Waals surface area (Å²) in [4.78, 5) is 10.1. The third-order valence-electron chi connectivity index (χ3n) is 1.84. The highest BCUT2D eigenvalue weighted by atomic mass is 35.5. The van der Waals surface area contributed by atoms with Gasteiger partial charge in [0, 0.05) is 17.7 Å². The number of hydrogen-bond acceptors (Lipinski definition) is 4. The Morgan fingerprint density at radius 2 is 2.13 bits per heavy atom. The van der Waals surface area contributed by atoms with E-state index in [2.05, 4.69) is 0 Å². The smallest absolute Gasteiger partial charge is 0.274 e. The van der Waals surface area contributed by atoms with E-state index in [0.29, 0.717) is 5.56 Å². The van der Waals surface area contributed by atoms with Crippen LogP contribution in [-0.4, -0.2) is 4.92 Å². The number of nitro benzene ring substituents is 1. The minimum absolute atomic E-state index is 0. The van der Waals surface area contributed by atoms with Gasteiger partial charge in [-0.1, -0.05) is 18.2 Å². The lowest BCUT2D eigenvalue weighted by Gasteiger charge is -2.07. The largest absolute Gasteiger partial charge is 0.323 e. The van der Waals surface area contributed by atoms with Gasteiger partial charge in [-0.05, 0) is 0 Å². The van der Waals surface area contributed by atoms with Crippen LogP contribution in [-0.2, 0) is 0 Å². The summed E-state index contributed by atoms with van der Waals surface area (Å²) in [5.41, 5.74) is 5.99. The van der Waals surface area contributed by atoms with Crippen LogP contribution in [0, 0.1) is 21.4 Å². The van der Waals surface area contributed by atoms with Gasteiger partial charge in [0.05, 0.1) is 17.4 Å². The number of nitrogens with two attached hydrogens (primary N) is 1. The topological polar surface area (TPSA) is 93.0 Å². The Balaban J connectivity index is 0.00000196. The van der Waals surface area contributed by atoms with Crippen LogP contribution in [0.5, 0.6) is 0 Å². The average molecular weight is 228 g/mol. The highest BCUT2D eigenvalue weighted by Gasteiger charge is 2.17. The standard InChI is InChI=1S/C9H9N3O2.ClH/c10-6-5-8(11)7-3-1-2-4-9(7)12(13)14;/h1-4,8H,5,11H2;1H/t8-;/m0./s1. The molecule has 0 spiro atoms. The Bertz CT molecular complexity index is 389. The Morgan fingerprint density at radius 3 is 2.67 bits per heavy atom. The molecule has 0 saturated heterocycles. The fourth-order valence-electron chi connectivity index (χ4n) is 1.18. The van der Waals surface area contributed by atoms with E-state index in [1.165, 1.54) is 6.07 Å². The van der Waals surface area contributed by atoms with Gasteiger partial charge in [0.1, 0.15) is 0 Å². The van der Waals surface area contributed by atoms with Crippen LogP contribution in [0.15, 0.2) is 24.3 Å². The highest BCUT2D eigenvalue weighted by molar-refractivity contribution is 5.85. The van der Waals surface area contributed by atoms with E-state index >= 15 is 0 Å². The average Bonchev–Trinajstić information content (AvgIpc) is 2.18. The van der Waals surface area contributed by atoms with Gasteiger partial charge in [0.25, 0.3) is 5.69 Å². The zero-order valence-electron chi connectivity index (χ0n) is 7.79. The van der Waals surface area contributed by atoms with Crippen LogP contribution in [0.4, 0.5) is 5.69 Å². The van der Waals surface area contributed by atoms with Crippen LogP contribution < -0.4 is 5.73 Å². The van der Waals surface area contributed by atoms with E-state index < -0.39 is 11.0 Å². The first-order valence-electron chi connectivity index (χ1n) is 4.02. The van der Waals surface area contributed by atoms with Gasteiger partial charge in [-0.2, -0.15) is 5.26 Å². The molecule has 1 rings (SSSR count). The van der Waals surface area contributed by atoms with Crippen molar-refractivity contribution in [3.05, 3.63) is 39.9 Å². The zero-order chi connectivity index (χ0) is 10.6. The lowest BCUT2D eigenvalue weighted by Crippen LogP contribution is -2.11. The molecule has 1 aromatic rings. The van der Waals surface area contributed by atoms with Crippen molar-refractivity contribution < 1.29 is 4.92 Å². The molecule has 0 heterocycles. The number of para-hydroxylation sites is 1. The minimum atomic E-state index is -0.596. The minimum Gasteiger partial charge on any atom is -0.323 e. The molecule has 0 amide bonds. The van der Waals surface area contributed by atoms with Crippen molar-refractivity contribution >= 4 is 18.1 Å². The summed E-state index contributed by atoms with van der Waals surface area (Å²) in [5, 5.41) is 19.0. The fourth-order valence-corrected chi connectivity index (χ4v) is 1.18. The molecule has 0 aliphatic heterocycles. The predicted molar refractivity (Wildman–Crippen MR) is 57.5 cm³/mol. The van der Waals surface area contributed by atoms with Crippen molar-refractivity contribution in [2.45, 2.75) is 12.5 Å². The quantitative estimate of drug-likeness (QED) is 0.631. The number of hydrogen-bond donors (Lipinski definition) is 1. The number of nitro groups is 1. The first-order chi connectivity index (χ1) is 6.66. The molecule has 80 valence electrons. The van der Waals surface area contributed by atoms with Crippen molar-refractivity contribution in [2.24, 2.45) is 5.73 Å². The first kappa shape index (κ1) is 13.4. The van der Waals surface area contributed by atoms with Crippen LogP contribution in [0.2, 0.25) is 0 Å². The number of rotatable bonds is 3. The molecule has 0 aromatic heterocycles. The Morgan fingerprint density at radius 1 is 1.53 bits per heavy atom. The Labute approximate surface area is 93.1 Å². The molecular weight excluding hydrogens is 218 g/mol. The van der Waals surface area contributed by atoms with Crippen molar-refractivity contribution in [3.63, 3.8) is 0 Å². The van der Waals surface area contributed by atoms with Crippen LogP contribution in [0.25, 0.3) is 0 Å². The van der Waals surface area contributed by atoms with Crippen molar-refractivity contribution in [1.29, 1.82) is 5.26 Å². The lowest BCUT2D eigenvalue weighted by atomic mass is 10.0. The Kier molecular flexibility index (Phi) is 5.31. The summed E-state index contributed by atoms with van der Waals surface area (Å²) in [6.07, 6.45) is 0.0743. The van der Waals surface area contributed by atoms with Crippen LogP contribution >= 0.6 is 12.4 Å². The molecule has 0 aliphatic rings. The molecule has 0 radical (unpaired) electrons. The zero-order valence-corrected chi connectivity index (χ0v) is 8.61. The molecule has 0 unspecified atom stereocenters. The predicted octanol–water partition coefficient (Wildman–Crippen LogP) is 1.93. The van der Waals surface area contributed by atoms with Gasteiger partial charge in [0.2, 0.25) is 0 Å². The molecule has 0 fully saturated rings. The van der Waals surface area contributed by atoms with Crippen molar-refractivity contribution in [3.8, 4) is 6.07 Å². The summed E-state index contributed by atoms with van der Waals surface area (Å²) < 4.78 is 0. The maximum atomic E-state index is 10.6. The maximum absolute atomic E-state index is 10.6. The number of benzene rings is 1. The molecule has 5 nitrogen and oxygen atoms in total. The molecule has 1 atom stereocenters. The number of nitriles is 1. The fraction of sp³-hybridized carbons (Fsp3) is 0.222. The molecule has 2 N–H and O–H groups in total. The summed E-state index contributed by atoms with van der Waals surface area (Å²) in [5.74, 6) is 0. The van der Waals surface area contributed by atoms with Crippen LogP contribution in [0.1, 0.15) is 18.0 Å². The molecule has 0 bridgehead atoms. The molecule has 6 heteroatoms. The highest BCUT2D eigenvalue weighted by Crippen LogP contribution is 2.24. The molecule has 1 aromatic carbocycles. The van der Waals surface area contributed by atoms with E-state index in [-0.39, 0.29) is 24.5 Å². The maximum Gasteiger partial charge on any atom is 0.274 e. The third-order valence-corrected chi connectivity index (χ3v) is 1.84. The van der Waals surface area contributed by atoms with E-state index in [0.717, 1.165) is 0 Å². The van der Waals surface area contributed by atoms with E-state index in [9.17, 15) is 10.1 Å². The van der Waals surface area contributed by atoms with Crippen molar-refractivity contribution in [2.75, 3.05) is 0 Å². The Hall–Kier alpha value is -1.64. The van der Waals surface area contributed by atoms with Gasteiger partial charge >= 0.3 is 0 Å². The third kappa shape index (κ3) is 3.20. The molecule has 0 saturated carbocycles. The summed E-state index contributed by atoms with van der Waals surface area (Å²) in [6.45, 7) is 0. The lowest BCUT2D eigenvalue weighted by molar-refractivity contribution is -0.385. The summed E-state index contributed by atoms with van der Waals surface area (Å²) in [6, 6.07) is 7.48. The van der Waals surface area contributed by atoms with Crippen molar-refractivity contribution in [1.82, 2.24) is 0 Å². The number of nitrogens with zero attached hydrogens (tertiary/aromatic N) is 2. The van der Waals surface area contributed by atoms with E-state index in [1.54, 1.807) is 18.2 Å². The van der Waals surface area contributed by atoms with Gasteiger partial charge in [0.15, 0.2) is 0 Å². The molecule has 15 heavy (non-hydrogen) atoms. The van der Waals surface area contributed by atoms with E-state index in [4.69, 9.17) is 11.0 Å². The van der Waals surface area contributed by atoms with Gasteiger partial charge < -0.3 is 5.73 Å². The van der Waals surface area contributed by atoms with Gasteiger partial charge in [-0.3, -0.25) is 10.1 Å². The molecular formula is C9H10ClN3O2. The second-order valence-electron chi connectivity index (χ2n) is 2.78. The SMILES string of the molecule is Cl.N#CC[C@H](N)c1ccccc1[N+](=O)[O-]. The summed E-state index contributed by atoms with van der Waals surface area (Å²) in [7, 11) is 0. The van der Waals surface area contributed by atoms with Crippen LogP contribution in [0.3, 0.4) is 0 Å².